The lowest BCUT2D eigenvalue weighted by Crippen LogP contribution is -2.31. The van der Waals surface area contributed by atoms with E-state index in [-0.39, 0.29) is 5.41 Å². The minimum absolute atomic E-state index is 0.254. The first-order valence-electron chi connectivity index (χ1n) is 8.05. The molecule has 0 unspecified atom stereocenters. The van der Waals surface area contributed by atoms with Crippen molar-refractivity contribution in [3.8, 4) is 0 Å². The van der Waals surface area contributed by atoms with Gasteiger partial charge in [-0.05, 0) is 42.9 Å². The molecule has 3 aliphatic carbocycles. The summed E-state index contributed by atoms with van der Waals surface area (Å²) in [5, 5.41) is 9.56. The van der Waals surface area contributed by atoms with E-state index in [1.54, 1.807) is 5.57 Å². The summed E-state index contributed by atoms with van der Waals surface area (Å²) in [6.07, 6.45) is 10.1. The molecule has 0 aliphatic heterocycles. The van der Waals surface area contributed by atoms with E-state index in [1.807, 2.05) is 20.8 Å². The van der Waals surface area contributed by atoms with Crippen LogP contribution in [-0.4, -0.2) is 11.1 Å². The zero-order chi connectivity index (χ0) is 14.5. The van der Waals surface area contributed by atoms with Crippen LogP contribution in [0.2, 0.25) is 0 Å². The van der Waals surface area contributed by atoms with Gasteiger partial charge < -0.3 is 5.11 Å². The molecule has 3 rings (SSSR count). The number of carboxylic acids is 1. The van der Waals surface area contributed by atoms with Gasteiger partial charge in [0.2, 0.25) is 0 Å². The molecule has 2 fully saturated rings. The van der Waals surface area contributed by atoms with Crippen LogP contribution >= 0.6 is 0 Å². The molecule has 2 nitrogen and oxygen atoms in total. The molecule has 0 spiro atoms. The summed E-state index contributed by atoms with van der Waals surface area (Å²) in [6.45, 7) is 6.06. The van der Waals surface area contributed by atoms with Gasteiger partial charge >= 0.3 is 5.97 Å². The Balaban J connectivity index is 1.86. The van der Waals surface area contributed by atoms with Gasteiger partial charge in [0.05, 0.1) is 0 Å². The summed E-state index contributed by atoms with van der Waals surface area (Å²) in [5.74, 6) is 1.24. The second-order valence-corrected chi connectivity index (χ2v) is 7.87. The van der Waals surface area contributed by atoms with Gasteiger partial charge in [0.15, 0.2) is 0 Å². The van der Waals surface area contributed by atoms with E-state index in [2.05, 4.69) is 6.08 Å². The van der Waals surface area contributed by atoms with Gasteiger partial charge in [-0.25, -0.2) is 4.79 Å². The molecule has 0 amide bonds. The zero-order valence-corrected chi connectivity index (χ0v) is 12.9. The Morgan fingerprint density at radius 1 is 1.20 bits per heavy atom. The highest BCUT2D eigenvalue weighted by atomic mass is 16.4. The number of aliphatic carboxylic acids is 1. The molecule has 0 aromatic rings. The Labute approximate surface area is 122 Å². The molecule has 0 radical (unpaired) electrons. The van der Waals surface area contributed by atoms with Crippen molar-refractivity contribution in [1.82, 2.24) is 0 Å². The van der Waals surface area contributed by atoms with Crippen molar-refractivity contribution in [2.45, 2.75) is 59.3 Å². The third-order valence-electron chi connectivity index (χ3n) is 5.45. The average Bonchev–Trinajstić information content (AvgIpc) is 2.90. The van der Waals surface area contributed by atoms with Crippen LogP contribution in [0.5, 0.6) is 0 Å². The highest BCUT2D eigenvalue weighted by molar-refractivity contribution is 5.89. The van der Waals surface area contributed by atoms with Crippen molar-refractivity contribution in [2.24, 2.45) is 23.2 Å². The molecule has 2 saturated carbocycles. The Hall–Kier alpha value is -1.05. The lowest BCUT2D eigenvalue weighted by atomic mass is 9.65. The quantitative estimate of drug-likeness (QED) is 0.591. The maximum atomic E-state index is 11.6. The molecule has 0 aromatic carbocycles. The van der Waals surface area contributed by atoms with Crippen LogP contribution in [0.4, 0.5) is 0 Å². The van der Waals surface area contributed by atoms with Crippen LogP contribution in [-0.2, 0) is 4.79 Å². The van der Waals surface area contributed by atoms with E-state index in [9.17, 15) is 9.90 Å². The highest BCUT2D eigenvalue weighted by Gasteiger charge is 2.45. The minimum atomic E-state index is -0.714. The largest absolute Gasteiger partial charge is 0.478 e. The average molecular weight is 274 g/mol. The van der Waals surface area contributed by atoms with Crippen LogP contribution < -0.4 is 0 Å². The van der Waals surface area contributed by atoms with E-state index in [1.165, 1.54) is 37.7 Å². The van der Waals surface area contributed by atoms with E-state index in [0.29, 0.717) is 17.4 Å². The SMILES string of the molecule is CC(C)(C)/C(C(=O)O)=C1/C[C@@H]2CC(C3CCCC3)=C[C@H]12. The summed E-state index contributed by atoms with van der Waals surface area (Å²) in [6, 6.07) is 0. The van der Waals surface area contributed by atoms with E-state index >= 15 is 0 Å². The molecule has 0 bridgehead atoms. The van der Waals surface area contributed by atoms with Gasteiger partial charge in [-0.1, -0.05) is 50.8 Å². The zero-order valence-electron chi connectivity index (χ0n) is 12.9. The number of rotatable bonds is 2. The van der Waals surface area contributed by atoms with Gasteiger partial charge in [-0.15, -0.1) is 0 Å². The Morgan fingerprint density at radius 2 is 1.85 bits per heavy atom. The Bertz CT molecular complexity index is 484. The molecular formula is C18H26O2. The molecule has 3 aliphatic rings. The molecule has 0 saturated heterocycles. The fourth-order valence-electron chi connectivity index (χ4n) is 4.51. The van der Waals surface area contributed by atoms with Crippen LogP contribution in [0.25, 0.3) is 0 Å². The number of allylic oxidation sites excluding steroid dienone is 3. The minimum Gasteiger partial charge on any atom is -0.478 e. The summed E-state index contributed by atoms with van der Waals surface area (Å²) in [4.78, 5) is 11.6. The van der Waals surface area contributed by atoms with E-state index < -0.39 is 5.97 Å². The van der Waals surface area contributed by atoms with E-state index in [4.69, 9.17) is 0 Å². The normalized spacial score (nSPS) is 32.6. The lowest BCUT2D eigenvalue weighted by molar-refractivity contribution is -0.133. The molecule has 1 N–H and O–H groups in total. The van der Waals surface area contributed by atoms with Crippen molar-refractivity contribution in [1.29, 1.82) is 0 Å². The molecule has 110 valence electrons. The van der Waals surface area contributed by atoms with Crippen molar-refractivity contribution in [3.63, 3.8) is 0 Å². The summed E-state index contributed by atoms with van der Waals surface area (Å²) < 4.78 is 0. The Kier molecular flexibility index (Phi) is 3.30. The molecule has 0 aromatic heterocycles. The third-order valence-corrected chi connectivity index (χ3v) is 5.45. The standard InChI is InChI=1S/C18H26O2/c1-18(2,3)16(17(19)20)15-10-13-8-12(9-14(13)15)11-6-4-5-7-11/h9,11,13-14H,4-8,10H2,1-3H3,(H,19,20)/b16-15-/t13-,14-/m0/s1. The fourth-order valence-corrected chi connectivity index (χ4v) is 4.51. The van der Waals surface area contributed by atoms with Crippen molar-refractivity contribution in [3.05, 3.63) is 22.8 Å². The number of fused-ring (bicyclic) bond motifs is 1. The van der Waals surface area contributed by atoms with E-state index in [0.717, 1.165) is 12.3 Å². The summed E-state index contributed by atoms with van der Waals surface area (Å²) in [5.41, 5.74) is 3.27. The smallest absolute Gasteiger partial charge is 0.332 e. The number of hydrogen-bond acceptors (Lipinski definition) is 1. The maximum Gasteiger partial charge on any atom is 0.332 e. The lowest BCUT2D eigenvalue weighted by Gasteiger charge is -2.38. The maximum absolute atomic E-state index is 11.6. The van der Waals surface area contributed by atoms with Gasteiger partial charge in [-0.2, -0.15) is 0 Å². The van der Waals surface area contributed by atoms with Crippen LogP contribution in [0, 0.1) is 23.2 Å². The topological polar surface area (TPSA) is 37.3 Å². The van der Waals surface area contributed by atoms with Crippen molar-refractivity contribution >= 4 is 5.97 Å². The number of hydrogen-bond donors (Lipinski definition) is 1. The first kappa shape index (κ1) is 13.9. The van der Waals surface area contributed by atoms with Crippen LogP contribution in [0.15, 0.2) is 22.8 Å². The second-order valence-electron chi connectivity index (χ2n) is 7.87. The molecular weight excluding hydrogens is 248 g/mol. The summed E-state index contributed by atoms with van der Waals surface area (Å²) in [7, 11) is 0. The van der Waals surface area contributed by atoms with Gasteiger partial charge in [0, 0.05) is 11.5 Å². The van der Waals surface area contributed by atoms with Gasteiger partial charge in [-0.3, -0.25) is 0 Å². The fraction of sp³-hybridized carbons (Fsp3) is 0.722. The van der Waals surface area contributed by atoms with Crippen molar-refractivity contribution < 1.29 is 9.90 Å². The molecule has 0 heterocycles. The monoisotopic (exact) mass is 274 g/mol. The molecule has 2 atom stereocenters. The predicted molar refractivity (Wildman–Crippen MR) is 80.4 cm³/mol. The van der Waals surface area contributed by atoms with Crippen LogP contribution in [0.1, 0.15) is 59.3 Å². The summed E-state index contributed by atoms with van der Waals surface area (Å²) >= 11 is 0. The molecule has 2 heteroatoms. The van der Waals surface area contributed by atoms with Gasteiger partial charge in [0.25, 0.3) is 0 Å². The first-order valence-corrected chi connectivity index (χ1v) is 8.05. The predicted octanol–water partition coefficient (Wildman–Crippen LogP) is 4.57. The molecule has 20 heavy (non-hydrogen) atoms. The second kappa shape index (κ2) is 4.75. The first-order chi connectivity index (χ1) is 9.38. The van der Waals surface area contributed by atoms with Gasteiger partial charge in [0.1, 0.15) is 0 Å². The third kappa shape index (κ3) is 2.23. The van der Waals surface area contributed by atoms with Crippen molar-refractivity contribution in [2.75, 3.05) is 0 Å². The highest BCUT2D eigenvalue weighted by Crippen LogP contribution is 2.55. The van der Waals surface area contributed by atoms with Crippen LogP contribution in [0.3, 0.4) is 0 Å². The number of carbonyl (C=O) groups is 1. The Morgan fingerprint density at radius 3 is 2.40 bits per heavy atom. The number of carboxylic acid groups (broad SMARTS) is 1.